The van der Waals surface area contributed by atoms with Crippen LogP contribution in [0.1, 0.15) is 28.4 Å². The molecular weight excluding hydrogens is 345 g/mol. The number of carbonyl (C=O) groups excluding carboxylic acids is 1. The van der Waals surface area contributed by atoms with Crippen LogP contribution < -0.4 is 5.32 Å². The summed E-state index contributed by atoms with van der Waals surface area (Å²) in [5.74, 6) is -0.259. The number of hydrogen-bond donors (Lipinski definition) is 1. The molecule has 0 aliphatic carbocycles. The normalized spacial score (nSPS) is 11.7. The minimum Gasteiger partial charge on any atom is -0.352 e. The lowest BCUT2D eigenvalue weighted by molar-refractivity contribution is -0.137. The van der Waals surface area contributed by atoms with E-state index < -0.39 is 11.7 Å². The van der Waals surface area contributed by atoms with Crippen molar-refractivity contribution in [2.24, 2.45) is 0 Å². The Morgan fingerprint density at radius 2 is 1.88 bits per heavy atom. The van der Waals surface area contributed by atoms with Crippen molar-refractivity contribution < 1.29 is 18.0 Å². The summed E-state index contributed by atoms with van der Waals surface area (Å²) in [5, 5.41) is 10.8. The van der Waals surface area contributed by atoms with E-state index in [1.807, 2.05) is 6.92 Å². The summed E-state index contributed by atoms with van der Waals surface area (Å²) in [4.78, 5) is 12.2. The maximum atomic E-state index is 12.5. The van der Waals surface area contributed by atoms with Crippen LogP contribution in [0.25, 0.3) is 11.0 Å². The van der Waals surface area contributed by atoms with Gasteiger partial charge in [0, 0.05) is 18.7 Å². The van der Waals surface area contributed by atoms with E-state index in [1.54, 1.807) is 22.9 Å². The number of nitrogens with zero attached hydrogens (tertiary/aromatic N) is 3. The summed E-state index contributed by atoms with van der Waals surface area (Å²) in [6.45, 7) is 2.97. The number of nitrogens with one attached hydrogen (secondary N) is 1. The summed E-state index contributed by atoms with van der Waals surface area (Å²) in [6.07, 6.45) is -3.90. The third-order valence-corrected chi connectivity index (χ3v) is 4.06. The van der Waals surface area contributed by atoms with Crippen LogP contribution in [-0.4, -0.2) is 27.4 Å². The van der Waals surface area contributed by atoms with Gasteiger partial charge in [-0.1, -0.05) is 17.3 Å². The average Bonchev–Trinajstić information content (AvgIpc) is 3.03. The van der Waals surface area contributed by atoms with Crippen LogP contribution in [0.2, 0.25) is 0 Å². The first kappa shape index (κ1) is 17.9. The van der Waals surface area contributed by atoms with Crippen LogP contribution in [0, 0.1) is 0 Å². The predicted octanol–water partition coefficient (Wildman–Crippen LogP) is 3.44. The molecule has 0 saturated carbocycles. The number of hydrogen-bond acceptors (Lipinski definition) is 3. The van der Waals surface area contributed by atoms with Crippen molar-refractivity contribution in [3.63, 3.8) is 0 Å². The topological polar surface area (TPSA) is 59.8 Å². The van der Waals surface area contributed by atoms with Gasteiger partial charge in [0.1, 0.15) is 5.52 Å². The summed E-state index contributed by atoms with van der Waals surface area (Å²) in [7, 11) is 0. The molecule has 1 amide bonds. The Labute approximate surface area is 147 Å². The molecule has 5 nitrogen and oxygen atoms in total. The van der Waals surface area contributed by atoms with E-state index in [0.29, 0.717) is 30.6 Å². The molecule has 0 radical (unpaired) electrons. The van der Waals surface area contributed by atoms with Gasteiger partial charge in [-0.3, -0.25) is 4.79 Å². The van der Waals surface area contributed by atoms with Gasteiger partial charge in [-0.15, -0.1) is 5.10 Å². The molecule has 0 atom stereocenters. The van der Waals surface area contributed by atoms with Gasteiger partial charge >= 0.3 is 6.18 Å². The number of carbonyl (C=O) groups is 1. The second kappa shape index (κ2) is 7.15. The molecule has 2 aromatic carbocycles. The zero-order valence-corrected chi connectivity index (χ0v) is 14.0. The highest BCUT2D eigenvalue weighted by Gasteiger charge is 2.29. The van der Waals surface area contributed by atoms with Gasteiger partial charge in [0.25, 0.3) is 5.91 Å². The Hall–Kier alpha value is -2.90. The number of fused-ring (bicyclic) bond motifs is 1. The minimum atomic E-state index is -4.34. The quantitative estimate of drug-likeness (QED) is 0.756. The number of aromatic nitrogens is 3. The molecule has 1 aromatic heterocycles. The molecule has 0 saturated heterocycles. The van der Waals surface area contributed by atoms with Gasteiger partial charge in [0.15, 0.2) is 0 Å². The fourth-order valence-corrected chi connectivity index (χ4v) is 2.63. The van der Waals surface area contributed by atoms with Crippen molar-refractivity contribution in [3.8, 4) is 0 Å². The van der Waals surface area contributed by atoms with Gasteiger partial charge in [0.05, 0.1) is 11.1 Å². The first-order valence-corrected chi connectivity index (χ1v) is 8.16. The molecule has 3 aromatic rings. The van der Waals surface area contributed by atoms with Crippen molar-refractivity contribution in [1.82, 2.24) is 20.3 Å². The lowest BCUT2D eigenvalue weighted by Gasteiger charge is -2.08. The molecule has 0 unspecified atom stereocenters. The fourth-order valence-electron chi connectivity index (χ4n) is 2.63. The molecule has 0 aliphatic heterocycles. The van der Waals surface area contributed by atoms with E-state index in [1.165, 1.54) is 12.1 Å². The zero-order chi connectivity index (χ0) is 18.7. The van der Waals surface area contributed by atoms with Crippen molar-refractivity contribution >= 4 is 16.9 Å². The molecule has 0 spiro atoms. The Kier molecular flexibility index (Phi) is 4.92. The largest absolute Gasteiger partial charge is 0.416 e. The van der Waals surface area contributed by atoms with Crippen molar-refractivity contribution in [1.29, 1.82) is 0 Å². The summed E-state index contributed by atoms with van der Waals surface area (Å²) < 4.78 is 39.3. The smallest absolute Gasteiger partial charge is 0.352 e. The number of halogens is 3. The number of rotatable bonds is 5. The number of amides is 1. The second-order valence-electron chi connectivity index (χ2n) is 5.81. The van der Waals surface area contributed by atoms with Crippen LogP contribution in [0.4, 0.5) is 13.2 Å². The van der Waals surface area contributed by atoms with Crippen molar-refractivity contribution in [2.75, 3.05) is 6.54 Å². The highest BCUT2D eigenvalue weighted by Crippen LogP contribution is 2.29. The molecule has 1 heterocycles. The van der Waals surface area contributed by atoms with Crippen molar-refractivity contribution in [2.45, 2.75) is 26.1 Å². The molecule has 8 heteroatoms. The third-order valence-electron chi connectivity index (χ3n) is 4.06. The zero-order valence-electron chi connectivity index (χ0n) is 14.0. The van der Waals surface area contributed by atoms with Crippen LogP contribution in [0.15, 0.2) is 42.5 Å². The molecule has 1 N–H and O–H groups in total. The monoisotopic (exact) mass is 362 g/mol. The number of benzene rings is 2. The predicted molar refractivity (Wildman–Crippen MR) is 90.7 cm³/mol. The van der Waals surface area contributed by atoms with E-state index in [0.717, 1.165) is 23.2 Å². The summed E-state index contributed by atoms with van der Waals surface area (Å²) in [5.41, 5.74) is 2.00. The molecule has 0 fully saturated rings. The van der Waals surface area contributed by atoms with Crippen molar-refractivity contribution in [3.05, 3.63) is 59.2 Å². The second-order valence-corrected chi connectivity index (χ2v) is 5.81. The maximum Gasteiger partial charge on any atom is 0.416 e. The highest BCUT2D eigenvalue weighted by molar-refractivity contribution is 5.97. The van der Waals surface area contributed by atoms with E-state index in [4.69, 9.17) is 0 Å². The van der Waals surface area contributed by atoms with E-state index in [9.17, 15) is 18.0 Å². The fraction of sp³-hybridized carbons (Fsp3) is 0.278. The summed E-state index contributed by atoms with van der Waals surface area (Å²) >= 11 is 0. The Morgan fingerprint density at radius 3 is 2.54 bits per heavy atom. The van der Waals surface area contributed by atoms with Gasteiger partial charge in [-0.25, -0.2) is 4.68 Å². The van der Waals surface area contributed by atoms with Crippen LogP contribution >= 0.6 is 0 Å². The van der Waals surface area contributed by atoms with Crippen LogP contribution in [-0.2, 0) is 19.1 Å². The van der Waals surface area contributed by atoms with Gasteiger partial charge in [0.2, 0.25) is 0 Å². The lowest BCUT2D eigenvalue weighted by Crippen LogP contribution is -2.25. The van der Waals surface area contributed by atoms with Gasteiger partial charge in [-0.05, 0) is 49.2 Å². The molecule has 26 heavy (non-hydrogen) atoms. The third kappa shape index (κ3) is 3.84. The van der Waals surface area contributed by atoms with Crippen LogP contribution in [0.3, 0.4) is 0 Å². The van der Waals surface area contributed by atoms with E-state index in [-0.39, 0.29) is 5.91 Å². The Balaban J connectivity index is 1.59. The van der Waals surface area contributed by atoms with E-state index in [2.05, 4.69) is 15.6 Å². The Bertz CT molecular complexity index is 916. The molecular formula is C18H17F3N4O. The van der Waals surface area contributed by atoms with E-state index >= 15 is 0 Å². The maximum absolute atomic E-state index is 12.5. The summed E-state index contributed by atoms with van der Waals surface area (Å²) in [6, 6.07) is 10.1. The number of alkyl halides is 3. The standard InChI is InChI=1S/C18H17F3N4O/c1-2-25-16-8-5-13(11-15(16)23-24-25)17(26)22-10-9-12-3-6-14(7-4-12)18(19,20)21/h3-8,11H,2,9-10H2,1H3,(H,22,26). The first-order chi connectivity index (χ1) is 12.4. The highest BCUT2D eigenvalue weighted by atomic mass is 19.4. The lowest BCUT2D eigenvalue weighted by atomic mass is 10.1. The van der Waals surface area contributed by atoms with Gasteiger partial charge < -0.3 is 5.32 Å². The molecule has 136 valence electrons. The average molecular weight is 362 g/mol. The SMILES string of the molecule is CCn1nnc2cc(C(=O)NCCc3ccc(C(F)(F)F)cc3)ccc21. The minimum absolute atomic E-state index is 0.259. The molecule has 0 bridgehead atoms. The molecule has 0 aliphatic rings. The number of aryl methyl sites for hydroxylation is 1. The molecule has 3 rings (SSSR count). The van der Waals surface area contributed by atoms with Crippen LogP contribution in [0.5, 0.6) is 0 Å². The van der Waals surface area contributed by atoms with Gasteiger partial charge in [-0.2, -0.15) is 13.2 Å². The first-order valence-electron chi connectivity index (χ1n) is 8.16. The Morgan fingerprint density at radius 1 is 1.15 bits per heavy atom.